The first kappa shape index (κ1) is 11.0. The Kier molecular flexibility index (Phi) is 2.79. The van der Waals surface area contributed by atoms with Gasteiger partial charge in [0.15, 0.2) is 0 Å². The number of aryl methyl sites for hydroxylation is 1. The molecular formula is C14H15BrN2. The number of fused-ring (bicyclic) bond motifs is 1. The summed E-state index contributed by atoms with van der Waals surface area (Å²) >= 11 is 3.51. The van der Waals surface area contributed by atoms with E-state index in [1.807, 2.05) is 6.20 Å². The molecule has 3 heteroatoms. The molecule has 2 heterocycles. The molecule has 0 atom stereocenters. The van der Waals surface area contributed by atoms with Crippen LogP contribution >= 0.6 is 15.9 Å². The van der Waals surface area contributed by atoms with Crippen LogP contribution in [0.3, 0.4) is 0 Å². The lowest BCUT2D eigenvalue weighted by Crippen LogP contribution is -1.90. The Morgan fingerprint density at radius 1 is 1.35 bits per heavy atom. The Labute approximate surface area is 109 Å². The highest BCUT2D eigenvalue weighted by atomic mass is 79.9. The van der Waals surface area contributed by atoms with Crippen molar-refractivity contribution in [1.29, 1.82) is 0 Å². The Bertz CT molecular complexity index is 596. The zero-order valence-electron chi connectivity index (χ0n) is 9.91. The van der Waals surface area contributed by atoms with E-state index in [1.54, 1.807) is 0 Å². The topological polar surface area (TPSA) is 17.8 Å². The maximum absolute atomic E-state index is 4.48. The summed E-state index contributed by atoms with van der Waals surface area (Å²) in [6.45, 7) is 0. The molecule has 2 aromatic rings. The van der Waals surface area contributed by atoms with E-state index in [1.165, 1.54) is 42.2 Å². The van der Waals surface area contributed by atoms with Crippen LogP contribution in [0.1, 0.15) is 31.2 Å². The minimum absolute atomic E-state index is 1.05. The van der Waals surface area contributed by atoms with E-state index in [0.717, 1.165) is 10.1 Å². The summed E-state index contributed by atoms with van der Waals surface area (Å²) < 4.78 is 3.17. The summed E-state index contributed by atoms with van der Waals surface area (Å²) in [7, 11) is 2.07. The molecule has 0 radical (unpaired) electrons. The summed E-state index contributed by atoms with van der Waals surface area (Å²) in [6, 6.07) is 2.17. The van der Waals surface area contributed by atoms with Crippen molar-refractivity contribution in [3.05, 3.63) is 34.6 Å². The van der Waals surface area contributed by atoms with Gasteiger partial charge in [-0.15, -0.1) is 0 Å². The Hall–Kier alpha value is -1.09. The molecular weight excluding hydrogens is 276 g/mol. The van der Waals surface area contributed by atoms with Gasteiger partial charge in [-0.2, -0.15) is 0 Å². The zero-order valence-corrected chi connectivity index (χ0v) is 11.5. The van der Waals surface area contributed by atoms with Crippen LogP contribution in [-0.2, 0) is 7.05 Å². The Morgan fingerprint density at radius 2 is 2.24 bits per heavy atom. The van der Waals surface area contributed by atoms with E-state index in [9.17, 15) is 0 Å². The first-order valence-electron chi connectivity index (χ1n) is 6.05. The molecule has 88 valence electrons. The maximum atomic E-state index is 4.48. The van der Waals surface area contributed by atoms with E-state index >= 15 is 0 Å². The van der Waals surface area contributed by atoms with Crippen molar-refractivity contribution >= 4 is 32.5 Å². The number of pyridine rings is 1. The van der Waals surface area contributed by atoms with Crippen molar-refractivity contribution in [2.75, 3.05) is 0 Å². The van der Waals surface area contributed by atoms with Crippen LogP contribution in [0.2, 0.25) is 0 Å². The number of halogens is 1. The quantitative estimate of drug-likeness (QED) is 0.766. The Morgan fingerprint density at radius 3 is 3.00 bits per heavy atom. The van der Waals surface area contributed by atoms with Gasteiger partial charge in [0.25, 0.3) is 0 Å². The van der Waals surface area contributed by atoms with Crippen LogP contribution in [-0.4, -0.2) is 9.55 Å². The van der Waals surface area contributed by atoms with Gasteiger partial charge in [-0.1, -0.05) is 6.08 Å². The minimum Gasteiger partial charge on any atom is -0.335 e. The van der Waals surface area contributed by atoms with Crippen LogP contribution in [0.4, 0.5) is 0 Å². The van der Waals surface area contributed by atoms with Gasteiger partial charge >= 0.3 is 0 Å². The zero-order chi connectivity index (χ0) is 11.8. The fourth-order valence-electron chi connectivity index (χ4n) is 2.57. The molecule has 0 N–H and O–H groups in total. The average molecular weight is 291 g/mol. The first-order valence-corrected chi connectivity index (χ1v) is 6.85. The van der Waals surface area contributed by atoms with Crippen molar-refractivity contribution in [1.82, 2.24) is 9.55 Å². The molecule has 2 aromatic heterocycles. The molecule has 0 spiro atoms. The van der Waals surface area contributed by atoms with Gasteiger partial charge in [0, 0.05) is 34.9 Å². The SMILES string of the molecule is Cn1cc(C2=CCCCC2)c2cc(Br)cnc21. The van der Waals surface area contributed by atoms with Gasteiger partial charge in [0.2, 0.25) is 0 Å². The molecule has 0 aromatic carbocycles. The third-order valence-corrected chi connectivity index (χ3v) is 3.85. The third-order valence-electron chi connectivity index (χ3n) is 3.42. The van der Waals surface area contributed by atoms with Crippen LogP contribution in [0.15, 0.2) is 29.0 Å². The lowest BCUT2D eigenvalue weighted by molar-refractivity contribution is 0.742. The lowest BCUT2D eigenvalue weighted by Gasteiger charge is -2.11. The first-order chi connectivity index (χ1) is 8.25. The molecule has 0 saturated carbocycles. The number of allylic oxidation sites excluding steroid dienone is 2. The summed E-state index contributed by atoms with van der Waals surface area (Å²) in [5, 5.41) is 1.26. The van der Waals surface area contributed by atoms with Crippen molar-refractivity contribution < 1.29 is 0 Å². The molecule has 0 unspecified atom stereocenters. The predicted octanol–water partition coefficient (Wildman–Crippen LogP) is 4.29. The molecule has 0 amide bonds. The smallest absolute Gasteiger partial charge is 0.140 e. The molecule has 1 aliphatic rings. The fraction of sp³-hybridized carbons (Fsp3) is 0.357. The Balaban J connectivity index is 2.22. The molecule has 0 fully saturated rings. The summed E-state index contributed by atoms with van der Waals surface area (Å²) in [4.78, 5) is 4.48. The van der Waals surface area contributed by atoms with Crippen LogP contribution < -0.4 is 0 Å². The molecule has 17 heavy (non-hydrogen) atoms. The van der Waals surface area contributed by atoms with Crippen molar-refractivity contribution in [3.8, 4) is 0 Å². The monoisotopic (exact) mass is 290 g/mol. The number of rotatable bonds is 1. The second-order valence-electron chi connectivity index (χ2n) is 4.65. The molecule has 3 rings (SSSR count). The number of nitrogens with zero attached hydrogens (tertiary/aromatic N) is 2. The molecule has 0 aliphatic heterocycles. The van der Waals surface area contributed by atoms with Crippen LogP contribution in [0.25, 0.3) is 16.6 Å². The summed E-state index contributed by atoms with van der Waals surface area (Å²) in [6.07, 6.45) is 11.5. The van der Waals surface area contributed by atoms with E-state index in [0.29, 0.717) is 0 Å². The van der Waals surface area contributed by atoms with Gasteiger partial charge in [0.05, 0.1) is 0 Å². The molecule has 0 saturated heterocycles. The molecule has 2 nitrogen and oxygen atoms in total. The van der Waals surface area contributed by atoms with Crippen molar-refractivity contribution in [2.45, 2.75) is 25.7 Å². The summed E-state index contributed by atoms with van der Waals surface area (Å²) in [5.41, 5.74) is 3.91. The van der Waals surface area contributed by atoms with E-state index in [2.05, 4.69) is 50.9 Å². The number of hydrogen-bond donors (Lipinski definition) is 0. The van der Waals surface area contributed by atoms with Crippen LogP contribution in [0.5, 0.6) is 0 Å². The number of aromatic nitrogens is 2. The average Bonchev–Trinajstić information content (AvgIpc) is 2.67. The van der Waals surface area contributed by atoms with Gasteiger partial charge < -0.3 is 4.57 Å². The second kappa shape index (κ2) is 4.30. The normalized spacial score (nSPS) is 16.2. The van der Waals surface area contributed by atoms with Gasteiger partial charge in [-0.3, -0.25) is 0 Å². The van der Waals surface area contributed by atoms with Gasteiger partial charge in [-0.05, 0) is 53.3 Å². The fourth-order valence-corrected chi connectivity index (χ4v) is 2.91. The van der Waals surface area contributed by atoms with E-state index in [4.69, 9.17) is 0 Å². The van der Waals surface area contributed by atoms with E-state index < -0.39 is 0 Å². The maximum Gasteiger partial charge on any atom is 0.140 e. The van der Waals surface area contributed by atoms with Gasteiger partial charge in [-0.25, -0.2) is 4.98 Å². The number of hydrogen-bond acceptors (Lipinski definition) is 1. The van der Waals surface area contributed by atoms with E-state index in [-0.39, 0.29) is 0 Å². The van der Waals surface area contributed by atoms with Crippen molar-refractivity contribution in [2.24, 2.45) is 7.05 Å². The largest absolute Gasteiger partial charge is 0.335 e. The summed E-state index contributed by atoms with van der Waals surface area (Å²) in [5.74, 6) is 0. The highest BCUT2D eigenvalue weighted by Crippen LogP contribution is 2.33. The highest BCUT2D eigenvalue weighted by molar-refractivity contribution is 9.10. The second-order valence-corrected chi connectivity index (χ2v) is 5.57. The lowest BCUT2D eigenvalue weighted by atomic mass is 9.94. The predicted molar refractivity (Wildman–Crippen MR) is 74.9 cm³/mol. The standard InChI is InChI=1S/C14H15BrN2/c1-17-9-13(10-5-3-2-4-6-10)12-7-11(15)8-16-14(12)17/h5,7-9H,2-4,6H2,1H3. The third kappa shape index (κ3) is 1.93. The van der Waals surface area contributed by atoms with Gasteiger partial charge in [0.1, 0.15) is 5.65 Å². The van der Waals surface area contributed by atoms with Crippen molar-refractivity contribution in [3.63, 3.8) is 0 Å². The highest BCUT2D eigenvalue weighted by Gasteiger charge is 2.13. The minimum atomic E-state index is 1.05. The molecule has 1 aliphatic carbocycles. The van der Waals surface area contributed by atoms with Crippen LogP contribution in [0, 0.1) is 0 Å². The molecule has 0 bridgehead atoms.